The number of fused-ring (bicyclic) bond motifs is 1. The van der Waals surface area contributed by atoms with Crippen LogP contribution in [-0.2, 0) is 0 Å². The van der Waals surface area contributed by atoms with Gasteiger partial charge in [-0.2, -0.15) is 0 Å². The van der Waals surface area contributed by atoms with Crippen molar-refractivity contribution >= 4 is 46.2 Å². The van der Waals surface area contributed by atoms with E-state index in [1.54, 1.807) is 12.1 Å². The first kappa shape index (κ1) is 12.2. The van der Waals surface area contributed by atoms with Gasteiger partial charge < -0.3 is 25.7 Å². The monoisotopic (exact) mass is 270 g/mol. The Balaban J connectivity index is 2.86. The van der Waals surface area contributed by atoms with Crippen molar-refractivity contribution in [2.45, 2.75) is 9.79 Å². The van der Waals surface area contributed by atoms with E-state index in [-0.39, 0.29) is 11.4 Å². The zero-order chi connectivity index (χ0) is 12.6. The first-order valence-electron chi connectivity index (χ1n) is 4.56. The molecule has 5 nitrogen and oxygen atoms in total. The average Bonchev–Trinajstić information content (AvgIpc) is 2.32. The molecule has 0 amide bonds. The maximum absolute atomic E-state index is 9.92. The Morgan fingerprint density at radius 2 is 1.71 bits per heavy atom. The van der Waals surface area contributed by atoms with Gasteiger partial charge in [0.25, 0.3) is 0 Å². The number of phenolic OH excluding ortho intramolecular Hbond substituents is 1. The molecule has 0 aliphatic rings. The first-order valence-corrected chi connectivity index (χ1v) is 6.10. The smallest absolute Gasteiger partial charge is 0.149 e. The fourth-order valence-electron chi connectivity index (χ4n) is 1.65. The van der Waals surface area contributed by atoms with Gasteiger partial charge in [-0.3, -0.25) is 0 Å². The van der Waals surface area contributed by atoms with Crippen LogP contribution in [0.25, 0.3) is 10.8 Å². The number of aromatic hydroxyl groups is 1. The van der Waals surface area contributed by atoms with Crippen molar-refractivity contribution in [2.24, 2.45) is 0 Å². The van der Waals surface area contributed by atoms with Crippen LogP contribution in [0.3, 0.4) is 0 Å². The molecule has 0 heterocycles. The van der Waals surface area contributed by atoms with Crippen molar-refractivity contribution in [3.8, 4) is 5.75 Å². The Morgan fingerprint density at radius 3 is 2.29 bits per heavy atom. The third-order valence-corrected chi connectivity index (χ3v) is 3.40. The van der Waals surface area contributed by atoms with Gasteiger partial charge in [0.05, 0.1) is 10.6 Å². The maximum Gasteiger partial charge on any atom is 0.149 e. The second-order valence-electron chi connectivity index (χ2n) is 3.43. The molecular weight excluding hydrogens is 260 g/mol. The van der Waals surface area contributed by atoms with Crippen LogP contribution in [0.5, 0.6) is 5.75 Å². The van der Waals surface area contributed by atoms with Crippen LogP contribution in [-0.4, -0.2) is 14.2 Å². The molecule has 0 aromatic heterocycles. The maximum atomic E-state index is 9.92. The van der Waals surface area contributed by atoms with E-state index >= 15 is 0 Å². The van der Waals surface area contributed by atoms with E-state index in [9.17, 15) is 5.11 Å². The summed E-state index contributed by atoms with van der Waals surface area (Å²) in [5, 5.41) is 10.9. The van der Waals surface area contributed by atoms with Crippen molar-refractivity contribution in [2.75, 3.05) is 11.5 Å². The van der Waals surface area contributed by atoms with Gasteiger partial charge in [0.15, 0.2) is 0 Å². The summed E-state index contributed by atoms with van der Waals surface area (Å²) < 4.78 is 18.0. The van der Waals surface area contributed by atoms with Gasteiger partial charge in [-0.05, 0) is 23.6 Å². The van der Waals surface area contributed by atoms with Gasteiger partial charge >= 0.3 is 0 Å². The average molecular weight is 270 g/mol. The van der Waals surface area contributed by atoms with Crippen LogP contribution in [0.2, 0.25) is 0 Å². The number of hydrogen-bond acceptors (Lipinski definition) is 7. The molecule has 0 aliphatic carbocycles. The highest BCUT2D eigenvalue weighted by Crippen LogP contribution is 2.41. The summed E-state index contributed by atoms with van der Waals surface area (Å²) >= 11 is 1.01. The first-order chi connectivity index (χ1) is 8.08. The van der Waals surface area contributed by atoms with Gasteiger partial charge in [-0.15, -0.1) is 0 Å². The van der Waals surface area contributed by atoms with E-state index < -0.39 is 0 Å². The Hall–Kier alpha value is -1.28. The van der Waals surface area contributed by atoms with E-state index in [1.807, 2.05) is 0 Å². The zero-order valence-electron chi connectivity index (χ0n) is 8.54. The fraction of sp³-hybridized carbons (Fsp3) is 0. The lowest BCUT2D eigenvalue weighted by atomic mass is 10.1. The molecule has 0 aliphatic heterocycles. The lowest BCUT2D eigenvalue weighted by Gasteiger charge is -2.11. The van der Waals surface area contributed by atoms with E-state index in [2.05, 4.69) is 0 Å². The van der Waals surface area contributed by atoms with Crippen molar-refractivity contribution in [1.29, 1.82) is 0 Å². The number of phenols is 1. The van der Waals surface area contributed by atoms with Crippen molar-refractivity contribution in [3.05, 3.63) is 18.2 Å². The van der Waals surface area contributed by atoms with Crippen LogP contribution in [0.1, 0.15) is 0 Å². The topological polar surface area (TPSA) is 113 Å². The molecule has 0 bridgehead atoms. The third kappa shape index (κ3) is 1.98. The summed E-state index contributed by atoms with van der Waals surface area (Å²) in [7, 11) is 0. The second kappa shape index (κ2) is 4.53. The lowest BCUT2D eigenvalue weighted by Crippen LogP contribution is -1.94. The van der Waals surface area contributed by atoms with Gasteiger partial charge in [0.1, 0.15) is 5.75 Å². The van der Waals surface area contributed by atoms with Crippen LogP contribution >= 0.6 is 24.1 Å². The third-order valence-electron chi connectivity index (χ3n) is 2.42. The Bertz CT molecular complexity index is 590. The SMILES string of the molecule is Nc1c(SO)cc2cc(SO)cc(N)c2c1O. The van der Waals surface area contributed by atoms with Crippen molar-refractivity contribution in [1.82, 2.24) is 0 Å². The molecule has 0 saturated heterocycles. The minimum absolute atomic E-state index is 0.0844. The molecule has 17 heavy (non-hydrogen) atoms. The zero-order valence-corrected chi connectivity index (χ0v) is 10.2. The summed E-state index contributed by atoms with van der Waals surface area (Å²) in [4.78, 5) is 0.891. The second-order valence-corrected chi connectivity index (χ2v) is 4.71. The quantitative estimate of drug-likeness (QED) is 0.324. The Labute approximate surface area is 106 Å². The number of hydrogen-bond donors (Lipinski definition) is 5. The van der Waals surface area contributed by atoms with E-state index in [0.29, 0.717) is 50.3 Å². The van der Waals surface area contributed by atoms with E-state index in [0.717, 1.165) is 0 Å². The molecule has 0 radical (unpaired) electrons. The number of nitrogens with two attached hydrogens (primary N) is 2. The minimum atomic E-state index is -0.161. The predicted molar refractivity (Wildman–Crippen MR) is 71.4 cm³/mol. The Morgan fingerprint density at radius 1 is 1.00 bits per heavy atom. The van der Waals surface area contributed by atoms with Crippen molar-refractivity contribution in [3.63, 3.8) is 0 Å². The standard InChI is InChI=1S/C10H10N2O3S2/c11-6-3-5(16-14)1-4-2-7(17-15)9(12)10(13)8(4)6/h1-3,13-15H,11-12H2. The summed E-state index contributed by atoms with van der Waals surface area (Å²) in [5.74, 6) is -0.161. The minimum Gasteiger partial charge on any atom is -0.505 e. The van der Waals surface area contributed by atoms with E-state index in [1.165, 1.54) is 6.07 Å². The fourth-order valence-corrected chi connectivity index (χ4v) is 2.38. The number of rotatable bonds is 2. The molecule has 90 valence electrons. The normalized spacial score (nSPS) is 10.9. The molecule has 0 spiro atoms. The summed E-state index contributed by atoms with van der Waals surface area (Å²) in [6, 6.07) is 4.79. The van der Waals surface area contributed by atoms with Crippen LogP contribution < -0.4 is 11.5 Å². The van der Waals surface area contributed by atoms with Crippen LogP contribution in [0, 0.1) is 0 Å². The van der Waals surface area contributed by atoms with Gasteiger partial charge in [0.2, 0.25) is 0 Å². The number of benzene rings is 2. The molecule has 0 atom stereocenters. The largest absolute Gasteiger partial charge is 0.505 e. The van der Waals surface area contributed by atoms with Gasteiger partial charge in [0, 0.05) is 40.1 Å². The Kier molecular flexibility index (Phi) is 3.25. The molecule has 2 aromatic rings. The highest BCUT2D eigenvalue weighted by Gasteiger charge is 2.13. The molecular formula is C10H10N2O3S2. The molecule has 7 N–H and O–H groups in total. The highest BCUT2D eigenvalue weighted by molar-refractivity contribution is 7.94. The summed E-state index contributed by atoms with van der Waals surface area (Å²) in [6.07, 6.45) is 0. The molecule has 2 rings (SSSR count). The van der Waals surface area contributed by atoms with Gasteiger partial charge in [-0.1, -0.05) is 0 Å². The molecule has 0 fully saturated rings. The van der Waals surface area contributed by atoms with E-state index in [4.69, 9.17) is 20.6 Å². The summed E-state index contributed by atoms with van der Waals surface area (Å²) in [6.45, 7) is 0. The molecule has 0 saturated carbocycles. The van der Waals surface area contributed by atoms with Crippen molar-refractivity contribution < 1.29 is 14.2 Å². The predicted octanol–water partition coefficient (Wildman–Crippen LogP) is 2.84. The lowest BCUT2D eigenvalue weighted by molar-refractivity contribution is 0.483. The van der Waals surface area contributed by atoms with Crippen LogP contribution in [0.4, 0.5) is 11.4 Å². The van der Waals surface area contributed by atoms with Crippen LogP contribution in [0.15, 0.2) is 28.0 Å². The molecule has 7 heteroatoms. The molecule has 0 unspecified atom stereocenters. The highest BCUT2D eigenvalue weighted by atomic mass is 32.2. The molecule has 2 aromatic carbocycles. The number of nitrogen functional groups attached to an aromatic ring is 2. The van der Waals surface area contributed by atoms with Gasteiger partial charge in [-0.25, -0.2) is 0 Å². The number of anilines is 2. The summed E-state index contributed by atoms with van der Waals surface area (Å²) in [5.41, 5.74) is 11.8.